The quantitative estimate of drug-likeness (QED) is 0.558. The van der Waals surface area contributed by atoms with Crippen LogP contribution in [0.4, 0.5) is 0 Å². The third-order valence-corrected chi connectivity index (χ3v) is 8.59. The van der Waals surface area contributed by atoms with Crippen molar-refractivity contribution >= 4 is 5.71 Å². The monoisotopic (exact) mass is 287 g/mol. The fraction of sp³-hybridized carbons (Fsp3) is 0.950. The Morgan fingerprint density at radius 3 is 2.57 bits per heavy atom. The van der Waals surface area contributed by atoms with Crippen molar-refractivity contribution in [2.45, 2.75) is 78.1 Å². The molecular weight excluding hydrogens is 254 g/mol. The van der Waals surface area contributed by atoms with Crippen LogP contribution in [0.2, 0.25) is 0 Å². The first-order valence-electron chi connectivity index (χ1n) is 9.56. The van der Waals surface area contributed by atoms with Crippen LogP contribution in [0.3, 0.4) is 0 Å². The van der Waals surface area contributed by atoms with Crippen molar-refractivity contribution in [2.24, 2.45) is 39.5 Å². The molecule has 0 aromatic carbocycles. The molecule has 1 heteroatoms. The summed E-state index contributed by atoms with van der Waals surface area (Å²) in [5, 5.41) is 0. The Morgan fingerprint density at radius 2 is 1.76 bits per heavy atom. The Labute approximate surface area is 131 Å². The van der Waals surface area contributed by atoms with Crippen LogP contribution < -0.4 is 0 Å². The van der Waals surface area contributed by atoms with Gasteiger partial charge in [0, 0.05) is 18.2 Å². The molecule has 4 rings (SSSR count). The molecule has 21 heavy (non-hydrogen) atoms. The second-order valence-electron chi connectivity index (χ2n) is 9.07. The fourth-order valence-electron chi connectivity index (χ4n) is 7.45. The van der Waals surface area contributed by atoms with Crippen LogP contribution in [-0.4, -0.2) is 12.8 Å². The average Bonchev–Trinajstić information content (AvgIpc) is 2.83. The van der Waals surface area contributed by atoms with Crippen molar-refractivity contribution < 1.29 is 0 Å². The molecule has 0 spiro atoms. The van der Waals surface area contributed by atoms with Gasteiger partial charge in [0.2, 0.25) is 0 Å². The lowest BCUT2D eigenvalue weighted by molar-refractivity contribution is -0.0936. The minimum atomic E-state index is 0.466. The van der Waals surface area contributed by atoms with Crippen LogP contribution in [-0.2, 0) is 0 Å². The second-order valence-corrected chi connectivity index (χ2v) is 9.07. The van der Waals surface area contributed by atoms with Gasteiger partial charge < -0.3 is 0 Å². The van der Waals surface area contributed by atoms with E-state index in [1.807, 2.05) is 7.05 Å². The van der Waals surface area contributed by atoms with Gasteiger partial charge in [-0.2, -0.15) is 0 Å². The predicted molar refractivity (Wildman–Crippen MR) is 89.7 cm³/mol. The molecular formula is C20H33N. The molecule has 6 atom stereocenters. The van der Waals surface area contributed by atoms with E-state index in [2.05, 4.69) is 13.8 Å². The standard InChI is InChI=1S/C20H33N/c1-19-12-5-4-6-14(19)7-8-15-16-9-10-18(21-3)20(16,2)13-11-17(15)19/h14-17H,4-13H2,1-3H3. The van der Waals surface area contributed by atoms with Crippen LogP contribution in [0.25, 0.3) is 0 Å². The molecule has 4 aliphatic rings. The molecule has 0 N–H and O–H groups in total. The van der Waals surface area contributed by atoms with E-state index in [9.17, 15) is 0 Å². The van der Waals surface area contributed by atoms with Gasteiger partial charge in [-0.3, -0.25) is 4.99 Å². The van der Waals surface area contributed by atoms with Crippen LogP contribution in [0.1, 0.15) is 78.1 Å². The van der Waals surface area contributed by atoms with E-state index in [0.29, 0.717) is 10.8 Å². The highest BCUT2D eigenvalue weighted by Crippen LogP contribution is 2.65. The highest BCUT2D eigenvalue weighted by atomic mass is 14.8. The highest BCUT2D eigenvalue weighted by Gasteiger charge is 2.58. The predicted octanol–water partition coefficient (Wildman–Crippen LogP) is 5.49. The molecule has 0 heterocycles. The molecule has 0 bridgehead atoms. The molecule has 1 nitrogen and oxygen atoms in total. The topological polar surface area (TPSA) is 12.4 Å². The van der Waals surface area contributed by atoms with Gasteiger partial charge in [0.15, 0.2) is 0 Å². The Morgan fingerprint density at radius 1 is 0.905 bits per heavy atom. The van der Waals surface area contributed by atoms with Crippen LogP contribution in [0, 0.1) is 34.5 Å². The van der Waals surface area contributed by atoms with E-state index in [0.717, 1.165) is 23.7 Å². The molecule has 118 valence electrons. The summed E-state index contributed by atoms with van der Waals surface area (Å²) in [5.74, 6) is 4.06. The van der Waals surface area contributed by atoms with Crippen LogP contribution in [0.15, 0.2) is 4.99 Å². The van der Waals surface area contributed by atoms with E-state index in [-0.39, 0.29) is 0 Å². The first kappa shape index (κ1) is 14.3. The lowest BCUT2D eigenvalue weighted by Crippen LogP contribution is -2.52. The van der Waals surface area contributed by atoms with Crippen molar-refractivity contribution in [3.05, 3.63) is 0 Å². The summed E-state index contributed by atoms with van der Waals surface area (Å²) in [6, 6.07) is 0. The number of aliphatic imine (C=N–C) groups is 1. The van der Waals surface area contributed by atoms with Gasteiger partial charge in [-0.25, -0.2) is 0 Å². The SMILES string of the molecule is CN=C1CCC2C3CCC4CCCCC4(C)C3CCC12C. The molecule has 0 saturated heterocycles. The zero-order valence-corrected chi connectivity index (χ0v) is 14.3. The molecule has 4 fully saturated rings. The summed E-state index contributed by atoms with van der Waals surface area (Å²) < 4.78 is 0. The van der Waals surface area contributed by atoms with Crippen LogP contribution in [0.5, 0.6) is 0 Å². The van der Waals surface area contributed by atoms with Crippen molar-refractivity contribution in [3.63, 3.8) is 0 Å². The molecule has 0 aromatic rings. The van der Waals surface area contributed by atoms with Gasteiger partial charge >= 0.3 is 0 Å². The highest BCUT2D eigenvalue weighted by molar-refractivity contribution is 5.92. The third kappa shape index (κ3) is 1.85. The fourth-order valence-corrected chi connectivity index (χ4v) is 7.45. The summed E-state index contributed by atoms with van der Waals surface area (Å²) in [4.78, 5) is 4.70. The van der Waals surface area contributed by atoms with E-state index < -0.39 is 0 Å². The number of fused-ring (bicyclic) bond motifs is 5. The Bertz CT molecular complexity index is 453. The summed E-state index contributed by atoms with van der Waals surface area (Å²) >= 11 is 0. The molecule has 4 saturated carbocycles. The Hall–Kier alpha value is -0.330. The number of hydrogen-bond donors (Lipinski definition) is 0. The van der Waals surface area contributed by atoms with Gasteiger partial charge in [0.25, 0.3) is 0 Å². The van der Waals surface area contributed by atoms with E-state index in [4.69, 9.17) is 4.99 Å². The van der Waals surface area contributed by atoms with Gasteiger partial charge in [-0.15, -0.1) is 0 Å². The molecule has 0 aliphatic heterocycles. The zero-order valence-electron chi connectivity index (χ0n) is 14.3. The van der Waals surface area contributed by atoms with Gasteiger partial charge in [0.1, 0.15) is 0 Å². The average molecular weight is 287 g/mol. The maximum Gasteiger partial charge on any atom is 0.0276 e. The zero-order chi connectivity index (χ0) is 14.7. The first-order valence-corrected chi connectivity index (χ1v) is 9.56. The Kier molecular flexibility index (Phi) is 3.28. The molecule has 0 radical (unpaired) electrons. The van der Waals surface area contributed by atoms with Crippen molar-refractivity contribution in [2.75, 3.05) is 7.05 Å². The third-order valence-electron chi connectivity index (χ3n) is 8.59. The van der Waals surface area contributed by atoms with Gasteiger partial charge in [-0.1, -0.05) is 26.7 Å². The Balaban J connectivity index is 1.66. The van der Waals surface area contributed by atoms with E-state index in [1.54, 1.807) is 5.71 Å². The van der Waals surface area contributed by atoms with Crippen molar-refractivity contribution in [1.82, 2.24) is 0 Å². The van der Waals surface area contributed by atoms with E-state index in [1.165, 1.54) is 64.2 Å². The van der Waals surface area contributed by atoms with Gasteiger partial charge in [-0.05, 0) is 80.5 Å². The number of rotatable bonds is 0. The molecule has 0 amide bonds. The second kappa shape index (κ2) is 4.83. The molecule has 4 aliphatic carbocycles. The van der Waals surface area contributed by atoms with Crippen LogP contribution >= 0.6 is 0 Å². The van der Waals surface area contributed by atoms with Crippen molar-refractivity contribution in [3.8, 4) is 0 Å². The number of hydrogen-bond acceptors (Lipinski definition) is 1. The summed E-state index contributed by atoms with van der Waals surface area (Å²) in [5.41, 5.74) is 2.71. The maximum absolute atomic E-state index is 4.70. The summed E-state index contributed by atoms with van der Waals surface area (Å²) in [6.07, 6.45) is 14.8. The molecule has 6 unspecified atom stereocenters. The number of nitrogens with zero attached hydrogens (tertiary/aromatic N) is 1. The largest absolute Gasteiger partial charge is 0.297 e. The first-order chi connectivity index (χ1) is 10.1. The lowest BCUT2D eigenvalue weighted by Gasteiger charge is -2.59. The summed E-state index contributed by atoms with van der Waals surface area (Å²) in [6.45, 7) is 5.23. The molecule has 0 aromatic heterocycles. The minimum absolute atomic E-state index is 0.466. The smallest absolute Gasteiger partial charge is 0.0276 e. The van der Waals surface area contributed by atoms with Crippen molar-refractivity contribution in [1.29, 1.82) is 0 Å². The summed E-state index contributed by atoms with van der Waals surface area (Å²) in [7, 11) is 2.04. The normalized spacial score (nSPS) is 54.9. The lowest BCUT2D eigenvalue weighted by atomic mass is 9.45. The van der Waals surface area contributed by atoms with Gasteiger partial charge in [0.05, 0.1) is 0 Å². The van der Waals surface area contributed by atoms with E-state index >= 15 is 0 Å². The maximum atomic E-state index is 4.70. The minimum Gasteiger partial charge on any atom is -0.297 e.